The largest absolute Gasteiger partial charge is 0.444 e. The summed E-state index contributed by atoms with van der Waals surface area (Å²) >= 11 is 3.16. The molecule has 3 rings (SSSR count). The molecule has 2 aromatic carbocycles. The van der Waals surface area contributed by atoms with E-state index in [1.54, 1.807) is 36.4 Å². The molecule has 1 atom stereocenters. The van der Waals surface area contributed by atoms with Gasteiger partial charge in [0.25, 0.3) is 11.8 Å². The maximum Gasteiger partial charge on any atom is 0.291 e. The maximum atomic E-state index is 12.6. The number of anilines is 2. The Morgan fingerprint density at radius 3 is 2.34 bits per heavy atom. The number of benzene rings is 2. The van der Waals surface area contributed by atoms with E-state index in [1.807, 2.05) is 38.1 Å². The van der Waals surface area contributed by atoms with Crippen LogP contribution in [0.2, 0.25) is 0 Å². The molecule has 0 aliphatic carbocycles. The van der Waals surface area contributed by atoms with Gasteiger partial charge in [-0.3, -0.25) is 14.4 Å². The van der Waals surface area contributed by atoms with Crippen molar-refractivity contribution in [1.82, 2.24) is 5.32 Å². The normalized spacial score (nSPS) is 11.5. The van der Waals surface area contributed by atoms with Gasteiger partial charge in [0.2, 0.25) is 5.91 Å². The molecule has 0 aliphatic heterocycles. The topological polar surface area (TPSA) is 100 Å². The van der Waals surface area contributed by atoms with Crippen LogP contribution in [-0.2, 0) is 11.3 Å². The van der Waals surface area contributed by atoms with Crippen LogP contribution in [0.25, 0.3) is 0 Å². The van der Waals surface area contributed by atoms with Crippen molar-refractivity contribution in [2.45, 2.75) is 26.8 Å². The summed E-state index contributed by atoms with van der Waals surface area (Å²) < 4.78 is 5.69. The van der Waals surface area contributed by atoms with E-state index in [0.29, 0.717) is 28.2 Å². The summed E-state index contributed by atoms with van der Waals surface area (Å²) in [6.45, 7) is 4.14. The average Bonchev–Trinajstić information content (AvgIpc) is 3.23. The number of furan rings is 1. The quantitative estimate of drug-likeness (QED) is 0.397. The van der Waals surface area contributed by atoms with Gasteiger partial charge in [-0.15, -0.1) is 0 Å². The van der Waals surface area contributed by atoms with Gasteiger partial charge in [-0.1, -0.05) is 32.0 Å². The summed E-state index contributed by atoms with van der Waals surface area (Å²) in [7, 11) is 0. The van der Waals surface area contributed by atoms with Crippen molar-refractivity contribution in [3.63, 3.8) is 0 Å². The van der Waals surface area contributed by atoms with Gasteiger partial charge in [0.05, 0.1) is 0 Å². The molecule has 1 heterocycles. The zero-order valence-electron chi connectivity index (χ0n) is 17.8. The Morgan fingerprint density at radius 1 is 0.938 bits per heavy atom. The van der Waals surface area contributed by atoms with Crippen molar-refractivity contribution in [3.8, 4) is 0 Å². The molecule has 0 fully saturated rings. The third-order valence-corrected chi connectivity index (χ3v) is 5.31. The summed E-state index contributed by atoms with van der Waals surface area (Å²) in [5.41, 5.74) is 2.43. The third-order valence-electron chi connectivity index (χ3n) is 4.89. The molecule has 0 bridgehead atoms. The number of nitrogens with one attached hydrogen (secondary N) is 3. The Labute approximate surface area is 194 Å². The lowest BCUT2D eigenvalue weighted by Crippen LogP contribution is -2.23. The van der Waals surface area contributed by atoms with Crippen LogP contribution in [0.1, 0.15) is 46.7 Å². The number of hydrogen-bond acceptors (Lipinski definition) is 4. The van der Waals surface area contributed by atoms with Crippen LogP contribution >= 0.6 is 15.9 Å². The number of hydrogen-bond donors (Lipinski definition) is 3. The molecule has 1 aromatic heterocycles. The Hall–Kier alpha value is -3.39. The summed E-state index contributed by atoms with van der Waals surface area (Å²) in [5, 5.41) is 8.45. The molecule has 0 saturated carbocycles. The van der Waals surface area contributed by atoms with E-state index in [1.165, 1.54) is 0 Å². The summed E-state index contributed by atoms with van der Waals surface area (Å²) in [4.78, 5) is 36.9. The van der Waals surface area contributed by atoms with Gasteiger partial charge in [0, 0.05) is 29.4 Å². The second-order valence-corrected chi connectivity index (χ2v) is 8.10. The van der Waals surface area contributed by atoms with E-state index >= 15 is 0 Å². The van der Waals surface area contributed by atoms with E-state index in [-0.39, 0.29) is 23.5 Å². The molecule has 3 aromatic rings. The second kappa shape index (κ2) is 10.8. The molecule has 0 radical (unpaired) electrons. The van der Waals surface area contributed by atoms with Crippen LogP contribution in [0.4, 0.5) is 11.4 Å². The molecule has 7 nitrogen and oxygen atoms in total. The SMILES string of the molecule is CCC(C)C(=O)Nc1cccc(CNC(=O)c2cccc(NC(=O)c3ccc(Br)o3)c2)c1. The molecule has 166 valence electrons. The van der Waals surface area contributed by atoms with E-state index in [9.17, 15) is 14.4 Å². The number of carbonyl (C=O) groups is 3. The monoisotopic (exact) mass is 497 g/mol. The predicted molar refractivity (Wildman–Crippen MR) is 127 cm³/mol. The molecule has 3 amide bonds. The van der Waals surface area contributed by atoms with Gasteiger partial charge in [-0.05, 0) is 70.4 Å². The van der Waals surface area contributed by atoms with E-state index < -0.39 is 5.91 Å². The van der Waals surface area contributed by atoms with Gasteiger partial charge in [-0.25, -0.2) is 0 Å². The number of amides is 3. The molecule has 8 heteroatoms. The number of rotatable bonds is 8. The Morgan fingerprint density at radius 2 is 1.66 bits per heavy atom. The van der Waals surface area contributed by atoms with Crippen molar-refractivity contribution in [3.05, 3.63) is 82.2 Å². The van der Waals surface area contributed by atoms with Crippen LogP contribution in [-0.4, -0.2) is 17.7 Å². The zero-order chi connectivity index (χ0) is 23.1. The van der Waals surface area contributed by atoms with Crippen LogP contribution in [0.15, 0.2) is 69.8 Å². The van der Waals surface area contributed by atoms with E-state index in [4.69, 9.17) is 4.42 Å². The van der Waals surface area contributed by atoms with Gasteiger partial charge < -0.3 is 20.4 Å². The van der Waals surface area contributed by atoms with Crippen molar-refractivity contribution >= 4 is 45.0 Å². The first-order valence-corrected chi connectivity index (χ1v) is 11.0. The minimum atomic E-state index is -0.412. The van der Waals surface area contributed by atoms with Crippen molar-refractivity contribution < 1.29 is 18.8 Å². The lowest BCUT2D eigenvalue weighted by molar-refractivity contribution is -0.119. The molecular weight excluding hydrogens is 474 g/mol. The van der Waals surface area contributed by atoms with Crippen LogP contribution < -0.4 is 16.0 Å². The van der Waals surface area contributed by atoms with Crippen LogP contribution in [0.3, 0.4) is 0 Å². The lowest BCUT2D eigenvalue weighted by atomic mass is 10.1. The van der Waals surface area contributed by atoms with E-state index in [0.717, 1.165) is 12.0 Å². The number of halogens is 1. The fourth-order valence-corrected chi connectivity index (χ4v) is 3.17. The van der Waals surface area contributed by atoms with Crippen molar-refractivity contribution in [1.29, 1.82) is 0 Å². The van der Waals surface area contributed by atoms with Crippen molar-refractivity contribution in [2.24, 2.45) is 5.92 Å². The standard InChI is InChI=1S/C24H24BrN3O4/c1-3-15(2)22(29)27-18-8-4-6-16(12-18)14-26-23(30)17-7-5-9-19(13-17)28-24(31)20-10-11-21(25)32-20/h4-13,15H,3,14H2,1-2H3,(H,26,30)(H,27,29)(H,28,31). The first-order valence-electron chi connectivity index (χ1n) is 10.2. The maximum absolute atomic E-state index is 12.6. The summed E-state index contributed by atoms with van der Waals surface area (Å²) in [6.07, 6.45) is 0.764. The van der Waals surface area contributed by atoms with Gasteiger partial charge in [-0.2, -0.15) is 0 Å². The van der Waals surface area contributed by atoms with Gasteiger partial charge in [0.15, 0.2) is 10.4 Å². The van der Waals surface area contributed by atoms with Crippen LogP contribution in [0, 0.1) is 5.92 Å². The predicted octanol–water partition coefficient (Wildman–Crippen LogP) is 5.21. The second-order valence-electron chi connectivity index (χ2n) is 7.32. The third kappa shape index (κ3) is 6.31. The lowest BCUT2D eigenvalue weighted by Gasteiger charge is -2.12. The number of carbonyl (C=O) groups excluding carboxylic acids is 3. The van der Waals surface area contributed by atoms with Crippen molar-refractivity contribution in [2.75, 3.05) is 10.6 Å². The molecular formula is C24H24BrN3O4. The van der Waals surface area contributed by atoms with Crippen LogP contribution in [0.5, 0.6) is 0 Å². The summed E-state index contributed by atoms with van der Waals surface area (Å²) in [5.74, 6) is -0.637. The molecule has 0 spiro atoms. The Kier molecular flexibility index (Phi) is 7.83. The first kappa shape index (κ1) is 23.3. The highest BCUT2D eigenvalue weighted by molar-refractivity contribution is 9.10. The Bertz CT molecular complexity index is 1130. The molecule has 0 aliphatic rings. The van der Waals surface area contributed by atoms with Gasteiger partial charge in [0.1, 0.15) is 0 Å². The fraction of sp³-hybridized carbons (Fsp3) is 0.208. The highest BCUT2D eigenvalue weighted by atomic mass is 79.9. The highest BCUT2D eigenvalue weighted by Crippen LogP contribution is 2.17. The summed E-state index contributed by atoms with van der Waals surface area (Å²) in [6, 6.07) is 17.2. The molecule has 0 saturated heterocycles. The highest BCUT2D eigenvalue weighted by Gasteiger charge is 2.13. The average molecular weight is 498 g/mol. The Balaban J connectivity index is 1.59. The molecule has 32 heavy (non-hydrogen) atoms. The fourth-order valence-electron chi connectivity index (χ4n) is 2.86. The van der Waals surface area contributed by atoms with Gasteiger partial charge >= 0.3 is 0 Å². The minimum Gasteiger partial charge on any atom is -0.444 e. The molecule has 1 unspecified atom stereocenters. The molecule has 3 N–H and O–H groups in total. The zero-order valence-corrected chi connectivity index (χ0v) is 19.4. The minimum absolute atomic E-state index is 0.0329. The first-order chi connectivity index (χ1) is 15.4. The van der Waals surface area contributed by atoms with E-state index in [2.05, 4.69) is 31.9 Å². The smallest absolute Gasteiger partial charge is 0.291 e.